The van der Waals surface area contributed by atoms with Gasteiger partial charge in [-0.15, -0.1) is 0 Å². The number of nitrogens with one attached hydrogen (secondary N) is 2. The Balaban J connectivity index is 1.82. The van der Waals surface area contributed by atoms with Gasteiger partial charge in [0.25, 0.3) is 0 Å². The second-order valence-electron chi connectivity index (χ2n) is 8.46. The summed E-state index contributed by atoms with van der Waals surface area (Å²) < 4.78 is 79.8. The molecule has 0 bridgehead atoms. The van der Waals surface area contributed by atoms with E-state index in [2.05, 4.69) is 25.6 Å². The summed E-state index contributed by atoms with van der Waals surface area (Å²) in [7, 11) is 0. The molecule has 1 aliphatic rings. The second kappa shape index (κ2) is 8.72. The number of anilines is 2. The van der Waals surface area contributed by atoms with Crippen LogP contribution in [0.25, 0.3) is 0 Å². The Labute approximate surface area is 180 Å². The third-order valence-electron chi connectivity index (χ3n) is 5.54. The molecule has 1 fully saturated rings. The lowest BCUT2D eigenvalue weighted by Crippen LogP contribution is -2.41. The molecule has 0 aromatic carbocycles. The second-order valence-corrected chi connectivity index (χ2v) is 8.46. The van der Waals surface area contributed by atoms with Crippen LogP contribution in [-0.2, 0) is 18.9 Å². The van der Waals surface area contributed by atoms with Gasteiger partial charge in [-0.25, -0.2) is 4.98 Å². The first-order valence-electron chi connectivity index (χ1n) is 9.90. The van der Waals surface area contributed by atoms with Crippen molar-refractivity contribution in [2.75, 3.05) is 10.6 Å². The molecule has 32 heavy (non-hydrogen) atoms. The third-order valence-corrected chi connectivity index (χ3v) is 5.54. The van der Waals surface area contributed by atoms with Gasteiger partial charge >= 0.3 is 12.4 Å². The lowest BCUT2D eigenvalue weighted by atomic mass is 9.73. The minimum Gasteiger partial charge on any atom is -0.393 e. The predicted octanol–water partition coefficient (Wildman–Crippen LogP) is 4.87. The Bertz CT molecular complexity index is 947. The van der Waals surface area contributed by atoms with Crippen molar-refractivity contribution in [2.24, 2.45) is 5.41 Å². The summed E-state index contributed by atoms with van der Waals surface area (Å²) in [5.74, 6) is -0.720. The van der Waals surface area contributed by atoms with E-state index >= 15 is 0 Å². The van der Waals surface area contributed by atoms with Crippen LogP contribution in [0.3, 0.4) is 0 Å². The largest absolute Gasteiger partial charge is 0.421 e. The fourth-order valence-corrected chi connectivity index (χ4v) is 3.74. The predicted molar refractivity (Wildman–Crippen MR) is 105 cm³/mol. The summed E-state index contributed by atoms with van der Waals surface area (Å²) in [6.45, 7) is 3.28. The molecule has 12 heteroatoms. The lowest BCUT2D eigenvalue weighted by Gasteiger charge is -2.40. The average Bonchev–Trinajstić information content (AvgIpc) is 2.68. The Morgan fingerprint density at radius 1 is 1.06 bits per heavy atom. The molecule has 0 amide bonds. The van der Waals surface area contributed by atoms with Gasteiger partial charge in [-0.3, -0.25) is 4.98 Å². The maximum absolute atomic E-state index is 13.5. The van der Waals surface area contributed by atoms with Gasteiger partial charge in [-0.2, -0.15) is 31.3 Å². The van der Waals surface area contributed by atoms with E-state index in [4.69, 9.17) is 0 Å². The van der Waals surface area contributed by atoms with Gasteiger partial charge in [0.05, 0.1) is 11.7 Å². The first-order valence-corrected chi connectivity index (χ1v) is 9.90. The quantitative estimate of drug-likeness (QED) is 0.549. The zero-order valence-electron chi connectivity index (χ0n) is 17.3. The van der Waals surface area contributed by atoms with E-state index in [-0.39, 0.29) is 24.1 Å². The van der Waals surface area contributed by atoms with E-state index in [0.717, 1.165) is 18.5 Å². The van der Waals surface area contributed by atoms with E-state index in [0.29, 0.717) is 25.5 Å². The normalized spacial score (nSPS) is 21.3. The highest BCUT2D eigenvalue weighted by atomic mass is 19.4. The number of hydrogen-bond acceptors (Lipinski definition) is 6. The standard InChI is InChI=1S/C20H23F6N5O/c1-18(2)7-12(3-4-15(18)32)30-16-14(20(24,25)26)10-29-17(31-16)28-9-11-8-27-6-5-13(11)19(21,22)23/h5-6,8,10,12,15,32H,3-4,7,9H2,1-2H3,(H2,28,29,30,31)/t12-,15+/m1/s1. The van der Waals surface area contributed by atoms with Crippen LogP contribution in [0.15, 0.2) is 24.7 Å². The molecular formula is C20H23F6N5O. The molecule has 3 N–H and O–H groups in total. The zero-order valence-corrected chi connectivity index (χ0v) is 17.3. The summed E-state index contributed by atoms with van der Waals surface area (Å²) in [6, 6.07) is 0.448. The molecule has 0 aliphatic heterocycles. The van der Waals surface area contributed by atoms with E-state index < -0.39 is 40.8 Å². The van der Waals surface area contributed by atoms with Crippen LogP contribution in [0.4, 0.5) is 38.1 Å². The van der Waals surface area contributed by atoms with Gasteiger partial charge in [-0.1, -0.05) is 13.8 Å². The first kappa shape index (κ1) is 24.0. The molecule has 1 saturated carbocycles. The van der Waals surface area contributed by atoms with Gasteiger partial charge in [-0.05, 0) is 30.7 Å². The van der Waals surface area contributed by atoms with Crippen molar-refractivity contribution >= 4 is 11.8 Å². The van der Waals surface area contributed by atoms with E-state index in [1.807, 2.05) is 13.8 Å². The molecule has 2 atom stereocenters. The molecule has 2 heterocycles. The number of aliphatic hydroxyl groups is 1. The topological polar surface area (TPSA) is 83.0 Å². The highest BCUT2D eigenvalue weighted by Gasteiger charge is 2.39. The highest BCUT2D eigenvalue weighted by molar-refractivity contribution is 5.49. The molecule has 0 spiro atoms. The van der Waals surface area contributed by atoms with Crippen LogP contribution in [0, 0.1) is 5.41 Å². The fraction of sp³-hybridized carbons (Fsp3) is 0.550. The van der Waals surface area contributed by atoms with E-state index in [9.17, 15) is 31.4 Å². The van der Waals surface area contributed by atoms with Crippen molar-refractivity contribution < 1.29 is 31.4 Å². The van der Waals surface area contributed by atoms with Crippen molar-refractivity contribution in [3.05, 3.63) is 41.3 Å². The summed E-state index contributed by atoms with van der Waals surface area (Å²) in [4.78, 5) is 11.2. The highest BCUT2D eigenvalue weighted by Crippen LogP contribution is 2.39. The molecule has 6 nitrogen and oxygen atoms in total. The first-order chi connectivity index (χ1) is 14.8. The van der Waals surface area contributed by atoms with Crippen molar-refractivity contribution in [1.29, 1.82) is 0 Å². The SMILES string of the molecule is CC1(C)C[C@H](Nc2nc(NCc3cnccc3C(F)(F)F)ncc2C(F)(F)F)CC[C@@H]1O. The molecule has 3 rings (SSSR count). The van der Waals surface area contributed by atoms with E-state index in [1.54, 1.807) is 0 Å². The number of aliphatic hydroxyl groups excluding tert-OH is 1. The Morgan fingerprint density at radius 3 is 2.38 bits per heavy atom. The van der Waals surface area contributed by atoms with Gasteiger partial charge in [0.15, 0.2) is 0 Å². The molecule has 2 aromatic rings. The molecule has 0 radical (unpaired) electrons. The summed E-state index contributed by atoms with van der Waals surface area (Å²) >= 11 is 0. The van der Waals surface area contributed by atoms with Crippen molar-refractivity contribution in [2.45, 2.75) is 64.2 Å². The Kier molecular flexibility index (Phi) is 6.55. The number of alkyl halides is 6. The van der Waals surface area contributed by atoms with Crippen LogP contribution < -0.4 is 10.6 Å². The number of nitrogens with zero attached hydrogens (tertiary/aromatic N) is 3. The maximum atomic E-state index is 13.5. The average molecular weight is 463 g/mol. The number of aromatic nitrogens is 3. The molecule has 1 aliphatic carbocycles. The smallest absolute Gasteiger partial charge is 0.393 e. The van der Waals surface area contributed by atoms with Gasteiger partial charge in [0.2, 0.25) is 5.95 Å². The number of pyridine rings is 1. The monoisotopic (exact) mass is 463 g/mol. The maximum Gasteiger partial charge on any atom is 0.421 e. The summed E-state index contributed by atoms with van der Waals surface area (Å²) in [5.41, 5.74) is -2.67. The Hall–Kier alpha value is -2.63. The van der Waals surface area contributed by atoms with Crippen molar-refractivity contribution in [3.8, 4) is 0 Å². The zero-order chi connectivity index (χ0) is 23.7. The van der Waals surface area contributed by atoms with E-state index in [1.165, 1.54) is 0 Å². The van der Waals surface area contributed by atoms with Crippen LogP contribution >= 0.6 is 0 Å². The molecular weight excluding hydrogens is 440 g/mol. The minimum absolute atomic E-state index is 0.193. The molecule has 0 unspecified atom stereocenters. The molecule has 176 valence electrons. The van der Waals surface area contributed by atoms with Gasteiger partial charge in [0.1, 0.15) is 11.4 Å². The van der Waals surface area contributed by atoms with Crippen molar-refractivity contribution in [1.82, 2.24) is 15.0 Å². The fourth-order valence-electron chi connectivity index (χ4n) is 3.74. The summed E-state index contributed by atoms with van der Waals surface area (Å²) in [6.07, 6.45) is -5.99. The molecule has 2 aromatic heterocycles. The van der Waals surface area contributed by atoms with Crippen molar-refractivity contribution in [3.63, 3.8) is 0 Å². The van der Waals surface area contributed by atoms with Crippen LogP contribution in [-0.4, -0.2) is 32.2 Å². The summed E-state index contributed by atoms with van der Waals surface area (Å²) in [5, 5.41) is 15.4. The minimum atomic E-state index is -4.72. The lowest BCUT2D eigenvalue weighted by molar-refractivity contribution is -0.138. The molecule has 0 saturated heterocycles. The van der Waals surface area contributed by atoms with Gasteiger partial charge < -0.3 is 15.7 Å². The van der Waals surface area contributed by atoms with Crippen LogP contribution in [0.1, 0.15) is 49.8 Å². The number of rotatable bonds is 5. The third kappa shape index (κ3) is 5.59. The van der Waals surface area contributed by atoms with Crippen LogP contribution in [0.2, 0.25) is 0 Å². The number of hydrogen-bond donors (Lipinski definition) is 3. The van der Waals surface area contributed by atoms with Crippen LogP contribution in [0.5, 0.6) is 0 Å². The van der Waals surface area contributed by atoms with Gasteiger partial charge in [0, 0.05) is 36.7 Å². The Morgan fingerprint density at radius 2 is 1.75 bits per heavy atom. The number of halogens is 6.